The Morgan fingerprint density at radius 2 is 0.145 bits per heavy atom. The van der Waals surface area contributed by atoms with Crippen molar-refractivity contribution in [2.45, 2.75) is 522 Å². The highest BCUT2D eigenvalue weighted by atomic mass is 16.4. The Balaban J connectivity index is -0.000000107. The first kappa shape index (κ1) is 102. The number of rotatable bonds is 56. The van der Waals surface area contributed by atoms with Crippen LogP contribution in [-0.2, 0) is 0 Å². The normalized spacial score (nSPS) is 10.0. The van der Waals surface area contributed by atoms with Crippen LogP contribution in [0.4, 0.5) is 0 Å². The molecule has 0 aliphatic rings. The van der Waals surface area contributed by atoms with Crippen molar-refractivity contribution in [3.05, 3.63) is 0 Å². The van der Waals surface area contributed by atoms with E-state index < -0.39 is 7.69 Å². The van der Waals surface area contributed by atoms with Gasteiger partial charge >= 0.3 is 7.69 Å². The van der Waals surface area contributed by atoms with Crippen LogP contribution in [0.3, 0.4) is 0 Å². The lowest BCUT2D eigenvalue weighted by Crippen LogP contribution is -1.77. The highest BCUT2D eigenvalue weighted by molar-refractivity contribution is 6.13. The molecule has 0 bridgehead atoms. The Kier molecular flexibility index (Phi) is 156. The molecule has 0 heterocycles. The second-order valence-electron chi connectivity index (χ2n) is 25.1. The third-order valence-corrected chi connectivity index (χ3v) is 15.7. The van der Waals surface area contributed by atoms with Gasteiger partial charge in [-0.15, -0.1) is 0 Å². The van der Waals surface area contributed by atoms with Crippen molar-refractivity contribution in [3.8, 4) is 0 Å². The van der Waals surface area contributed by atoms with Crippen LogP contribution < -0.4 is 0 Å². The molecule has 0 rings (SSSR count). The van der Waals surface area contributed by atoms with Crippen LogP contribution >= 0.6 is 0 Å². The molecule has 0 atom stereocenters. The van der Waals surface area contributed by atoms with E-state index in [1.807, 2.05) is 0 Å². The van der Waals surface area contributed by atoms with Crippen molar-refractivity contribution in [2.75, 3.05) is 0 Å². The highest BCUT2D eigenvalue weighted by Crippen LogP contribution is 2.13. The van der Waals surface area contributed by atoms with Gasteiger partial charge in [0.15, 0.2) is 0 Å². The maximum absolute atomic E-state index is 7.12. The lowest BCUT2D eigenvalue weighted by atomic mass is 10.1. The molecule has 0 aliphatic heterocycles. The first-order chi connectivity index (χ1) is 40.7. The van der Waals surface area contributed by atoms with E-state index in [0.717, 1.165) is 0 Å². The zero-order chi connectivity index (χ0) is 64.0. The third-order valence-electron chi connectivity index (χ3n) is 15.7. The van der Waals surface area contributed by atoms with Gasteiger partial charge in [0.1, 0.15) is 0 Å². The molecular formula is C80H179BO2. The average Bonchev–Trinajstić information content (AvgIpc) is 3.50. The molecule has 0 aromatic carbocycles. The van der Waals surface area contributed by atoms with E-state index in [0.29, 0.717) is 0 Å². The van der Waals surface area contributed by atoms with Gasteiger partial charge < -0.3 is 10.0 Å². The van der Waals surface area contributed by atoms with Crippen LogP contribution in [0.2, 0.25) is 0 Å². The fraction of sp³-hybridized carbons (Fsp3) is 1.00. The zero-order valence-corrected chi connectivity index (χ0v) is 62.9. The van der Waals surface area contributed by atoms with Gasteiger partial charge in [-0.05, 0) is 0 Å². The molecule has 83 heavy (non-hydrogen) atoms. The molecule has 0 aromatic heterocycles. The van der Waals surface area contributed by atoms with Crippen molar-refractivity contribution >= 4 is 7.69 Å². The fourth-order valence-corrected chi connectivity index (χ4v) is 9.66. The van der Waals surface area contributed by atoms with Crippen molar-refractivity contribution in [1.82, 2.24) is 0 Å². The van der Waals surface area contributed by atoms with E-state index in [-0.39, 0.29) is 0 Å². The summed E-state index contributed by atoms with van der Waals surface area (Å²) in [6, 6.07) is 0. The van der Waals surface area contributed by atoms with E-state index in [2.05, 4.69) is 111 Å². The quantitative estimate of drug-likeness (QED) is 0.0471. The predicted octanol–water partition coefficient (Wildman–Crippen LogP) is 31.4. The Bertz CT molecular complexity index is 548. The first-order valence-electron chi connectivity index (χ1n) is 39.9. The summed E-state index contributed by atoms with van der Waals surface area (Å²) in [7, 11) is -0.750. The van der Waals surface area contributed by atoms with E-state index >= 15 is 0 Å². The lowest BCUT2D eigenvalue weighted by Gasteiger charge is -1.97. The van der Waals surface area contributed by atoms with Gasteiger partial charge in [-0.3, -0.25) is 0 Å². The molecule has 514 valence electrons. The third kappa shape index (κ3) is 167. The van der Waals surface area contributed by atoms with E-state index in [9.17, 15) is 0 Å². The van der Waals surface area contributed by atoms with Crippen molar-refractivity contribution in [3.63, 3.8) is 0 Å². The minimum atomic E-state index is -0.750. The summed E-state index contributed by atoms with van der Waals surface area (Å²) in [6.45, 7) is 36.3. The summed E-state index contributed by atoms with van der Waals surface area (Å²) in [5.74, 6) is 0. The molecule has 0 fully saturated rings. The van der Waals surface area contributed by atoms with Gasteiger partial charge in [-0.1, -0.05) is 522 Å². The zero-order valence-electron chi connectivity index (χ0n) is 62.9. The van der Waals surface area contributed by atoms with Gasteiger partial charge in [0.2, 0.25) is 0 Å². The maximum atomic E-state index is 7.12. The summed E-state index contributed by atoms with van der Waals surface area (Å²) in [5.41, 5.74) is 0. The largest absolute Gasteiger partial charge is 0.432 e. The van der Waals surface area contributed by atoms with E-state index in [4.69, 9.17) is 10.0 Å². The second-order valence-corrected chi connectivity index (χ2v) is 25.1. The minimum Gasteiger partial charge on any atom is -0.430 e. The van der Waals surface area contributed by atoms with Crippen LogP contribution in [-0.4, -0.2) is 17.7 Å². The Hall–Kier alpha value is -0.0151. The predicted molar refractivity (Wildman–Crippen MR) is 398 cm³/mol. The van der Waals surface area contributed by atoms with E-state index in [1.54, 1.807) is 0 Å². The van der Waals surface area contributed by atoms with Crippen LogP contribution in [0.5, 0.6) is 0 Å². The second kappa shape index (κ2) is 127. The SMILES string of the molecule is CCCCCCCCCC.CCCCCCCCCC.CCCCCCCCCC.CCCCCCCCCC.CCCCCCCCCC.CCCCCCCCCC.CCCCCCCCCC.CCCCCCCCCC.OBO. The standard InChI is InChI=1S/8C10H22.BH3O2/c8*1-3-5-7-9-10-8-6-4-2;2-1-3/h8*3-10H2,1-2H3;1-3H. The molecule has 3 heteroatoms. The van der Waals surface area contributed by atoms with Gasteiger partial charge in [0.05, 0.1) is 0 Å². The molecule has 2 nitrogen and oxygen atoms in total. The molecule has 0 aliphatic carbocycles. The molecule has 0 saturated heterocycles. The fourth-order valence-electron chi connectivity index (χ4n) is 9.66. The molecule has 2 N–H and O–H groups in total. The van der Waals surface area contributed by atoms with Gasteiger partial charge in [0, 0.05) is 0 Å². The summed E-state index contributed by atoms with van der Waals surface area (Å²) < 4.78 is 0. The molecular weight excluding hydrogens is 1000 g/mol. The van der Waals surface area contributed by atoms with Crippen LogP contribution in [0, 0.1) is 0 Å². The average molecular weight is 1180 g/mol. The van der Waals surface area contributed by atoms with Crippen LogP contribution in [0.15, 0.2) is 0 Å². The topological polar surface area (TPSA) is 40.5 Å². The number of hydrogen-bond donors (Lipinski definition) is 2. The maximum Gasteiger partial charge on any atom is 0.432 e. The Morgan fingerprint density at radius 1 is 0.108 bits per heavy atom. The monoisotopic (exact) mass is 1180 g/mol. The van der Waals surface area contributed by atoms with Crippen molar-refractivity contribution < 1.29 is 10.0 Å². The van der Waals surface area contributed by atoms with Gasteiger partial charge in [0.25, 0.3) is 0 Å². The molecule has 0 saturated carbocycles. The lowest BCUT2D eigenvalue weighted by molar-refractivity contribution is 0.448. The van der Waals surface area contributed by atoms with Crippen LogP contribution in [0.1, 0.15) is 522 Å². The van der Waals surface area contributed by atoms with Crippen molar-refractivity contribution in [1.29, 1.82) is 0 Å². The Morgan fingerprint density at radius 3 is 0.181 bits per heavy atom. The summed E-state index contributed by atoms with van der Waals surface area (Å²) in [6.07, 6.45) is 91.7. The van der Waals surface area contributed by atoms with Crippen LogP contribution in [0.25, 0.3) is 0 Å². The molecule has 0 aromatic rings. The van der Waals surface area contributed by atoms with E-state index in [1.165, 1.54) is 411 Å². The summed E-state index contributed by atoms with van der Waals surface area (Å²) in [5, 5.41) is 14.2. The smallest absolute Gasteiger partial charge is 0.430 e. The van der Waals surface area contributed by atoms with Gasteiger partial charge in [-0.2, -0.15) is 0 Å². The molecule has 0 spiro atoms. The summed E-state index contributed by atoms with van der Waals surface area (Å²) in [4.78, 5) is 0. The molecule has 0 amide bonds. The number of hydrogen-bond acceptors (Lipinski definition) is 2. The summed E-state index contributed by atoms with van der Waals surface area (Å²) >= 11 is 0. The van der Waals surface area contributed by atoms with Crippen molar-refractivity contribution in [2.24, 2.45) is 0 Å². The molecule has 0 radical (unpaired) electrons. The minimum absolute atomic E-state index is 0.750. The highest BCUT2D eigenvalue weighted by Gasteiger charge is 1.93. The van der Waals surface area contributed by atoms with Gasteiger partial charge in [-0.25, -0.2) is 0 Å². The first-order valence-corrected chi connectivity index (χ1v) is 39.9. The molecule has 0 unspecified atom stereocenters. The number of unbranched alkanes of at least 4 members (excludes halogenated alkanes) is 56. The Labute approximate surface area is 536 Å².